The standard InChI is InChI=1S/C43H25N3/c1-2-5-36-26(4-1)16-17-38-39-19-18-35(37-6-3-7-40(41(36)38)42(37)39)33-14-12-29-20-27(8-10-31(29)22-33)28-9-11-32-23-34(15-13-30(32)21-28)43-45-24-44-25-46-43/h1-25H. The van der Waals surface area contributed by atoms with Gasteiger partial charge in [0.15, 0.2) is 5.82 Å². The molecule has 0 amide bonds. The molecule has 9 aromatic rings. The lowest BCUT2D eigenvalue weighted by molar-refractivity contribution is 1.06. The molecule has 1 aromatic heterocycles. The maximum atomic E-state index is 4.30. The van der Waals surface area contributed by atoms with Gasteiger partial charge in [-0.15, -0.1) is 0 Å². The highest BCUT2D eigenvalue weighted by atomic mass is 15.0. The molecule has 0 N–H and O–H groups in total. The van der Waals surface area contributed by atoms with E-state index in [9.17, 15) is 0 Å². The second-order valence-corrected chi connectivity index (χ2v) is 12.1. The van der Waals surface area contributed by atoms with E-state index >= 15 is 0 Å². The van der Waals surface area contributed by atoms with Crippen molar-refractivity contribution >= 4 is 43.1 Å². The minimum Gasteiger partial charge on any atom is -0.225 e. The quantitative estimate of drug-likeness (QED) is 0.208. The third-order valence-corrected chi connectivity index (χ3v) is 9.61. The highest BCUT2D eigenvalue weighted by Crippen LogP contribution is 2.51. The molecule has 3 heteroatoms. The number of rotatable bonds is 3. The van der Waals surface area contributed by atoms with Crippen LogP contribution in [0.1, 0.15) is 0 Å². The molecule has 3 nitrogen and oxygen atoms in total. The van der Waals surface area contributed by atoms with Gasteiger partial charge in [0.05, 0.1) is 0 Å². The van der Waals surface area contributed by atoms with Crippen LogP contribution >= 0.6 is 0 Å². The molecule has 0 spiro atoms. The molecular weight excluding hydrogens is 558 g/mol. The molecule has 0 unspecified atom stereocenters. The van der Waals surface area contributed by atoms with Crippen molar-refractivity contribution in [2.75, 3.05) is 0 Å². The Morgan fingerprint density at radius 3 is 1.67 bits per heavy atom. The van der Waals surface area contributed by atoms with Crippen molar-refractivity contribution in [2.45, 2.75) is 0 Å². The van der Waals surface area contributed by atoms with Crippen LogP contribution in [-0.2, 0) is 0 Å². The average Bonchev–Trinajstić information content (AvgIpc) is 3.46. The van der Waals surface area contributed by atoms with E-state index in [0.29, 0.717) is 5.82 Å². The maximum absolute atomic E-state index is 4.30. The van der Waals surface area contributed by atoms with Crippen LogP contribution in [0.15, 0.2) is 152 Å². The number of hydrogen-bond acceptors (Lipinski definition) is 3. The normalized spacial score (nSPS) is 11.9. The third-order valence-electron chi connectivity index (χ3n) is 9.61. The summed E-state index contributed by atoms with van der Waals surface area (Å²) in [5.74, 6) is 0.686. The molecule has 1 heterocycles. The topological polar surface area (TPSA) is 38.7 Å². The molecular formula is C43H25N3. The second-order valence-electron chi connectivity index (χ2n) is 12.1. The molecule has 0 bridgehead atoms. The van der Waals surface area contributed by atoms with Crippen LogP contribution in [0.3, 0.4) is 0 Å². The smallest absolute Gasteiger partial charge is 0.162 e. The summed E-state index contributed by atoms with van der Waals surface area (Å²) in [4.78, 5) is 12.5. The van der Waals surface area contributed by atoms with Crippen LogP contribution in [0.25, 0.3) is 99.0 Å². The van der Waals surface area contributed by atoms with E-state index < -0.39 is 0 Å². The Balaban J connectivity index is 1.03. The molecule has 0 radical (unpaired) electrons. The molecule has 0 aliphatic heterocycles. The predicted molar refractivity (Wildman–Crippen MR) is 191 cm³/mol. The minimum absolute atomic E-state index is 0.686. The summed E-state index contributed by atoms with van der Waals surface area (Å²) in [7, 11) is 0. The van der Waals surface area contributed by atoms with Gasteiger partial charge < -0.3 is 0 Å². The Morgan fingerprint density at radius 2 is 0.913 bits per heavy atom. The van der Waals surface area contributed by atoms with E-state index in [2.05, 4.69) is 154 Å². The zero-order chi connectivity index (χ0) is 30.2. The van der Waals surface area contributed by atoms with Gasteiger partial charge in [0.1, 0.15) is 12.7 Å². The fraction of sp³-hybridized carbons (Fsp3) is 0. The van der Waals surface area contributed by atoms with E-state index in [1.807, 2.05) is 0 Å². The Labute approximate surface area is 265 Å². The number of nitrogens with zero attached hydrogens (tertiary/aromatic N) is 3. The van der Waals surface area contributed by atoms with Crippen molar-refractivity contribution < 1.29 is 0 Å². The van der Waals surface area contributed by atoms with Crippen molar-refractivity contribution in [3.63, 3.8) is 0 Å². The number of benzene rings is 8. The van der Waals surface area contributed by atoms with Crippen LogP contribution in [0, 0.1) is 0 Å². The summed E-state index contributed by atoms with van der Waals surface area (Å²) in [6.45, 7) is 0. The zero-order valence-corrected chi connectivity index (χ0v) is 24.8. The second kappa shape index (κ2) is 9.65. The minimum atomic E-state index is 0.686. The Bertz CT molecular complexity index is 2690. The van der Waals surface area contributed by atoms with E-state index in [1.165, 1.54) is 94.9 Å². The summed E-state index contributed by atoms with van der Waals surface area (Å²) in [5, 5.41) is 10.1. The lowest BCUT2D eigenvalue weighted by Crippen LogP contribution is -1.89. The van der Waals surface area contributed by atoms with Crippen molar-refractivity contribution in [3.8, 4) is 55.9 Å². The van der Waals surface area contributed by atoms with Gasteiger partial charge in [0.2, 0.25) is 0 Å². The maximum Gasteiger partial charge on any atom is 0.162 e. The van der Waals surface area contributed by atoms with Crippen molar-refractivity contribution in [3.05, 3.63) is 152 Å². The zero-order valence-electron chi connectivity index (χ0n) is 24.8. The van der Waals surface area contributed by atoms with Crippen LogP contribution in [-0.4, -0.2) is 15.0 Å². The van der Waals surface area contributed by atoms with Gasteiger partial charge in [0.25, 0.3) is 0 Å². The summed E-state index contributed by atoms with van der Waals surface area (Å²) < 4.78 is 0. The molecule has 212 valence electrons. The number of fused-ring (bicyclic) bond motifs is 7. The summed E-state index contributed by atoms with van der Waals surface area (Å²) >= 11 is 0. The number of aromatic nitrogens is 3. The number of hydrogen-bond donors (Lipinski definition) is 0. The Hall–Kier alpha value is -6.19. The van der Waals surface area contributed by atoms with Gasteiger partial charge in [-0.1, -0.05) is 115 Å². The molecule has 0 saturated carbocycles. The molecule has 0 fully saturated rings. The average molecular weight is 584 g/mol. The molecule has 1 aliphatic rings. The lowest BCUT2D eigenvalue weighted by Gasteiger charge is -2.11. The first-order chi connectivity index (χ1) is 22.8. The van der Waals surface area contributed by atoms with Crippen molar-refractivity contribution in [2.24, 2.45) is 0 Å². The third kappa shape index (κ3) is 3.75. The van der Waals surface area contributed by atoms with Gasteiger partial charge in [0, 0.05) is 5.56 Å². The van der Waals surface area contributed by atoms with Gasteiger partial charge in [-0.3, -0.25) is 0 Å². The van der Waals surface area contributed by atoms with E-state index in [-0.39, 0.29) is 0 Å². The highest BCUT2D eigenvalue weighted by Gasteiger charge is 2.24. The molecule has 0 saturated heterocycles. The van der Waals surface area contributed by atoms with Crippen molar-refractivity contribution in [1.82, 2.24) is 15.0 Å². The Kier molecular flexibility index (Phi) is 5.28. The largest absolute Gasteiger partial charge is 0.225 e. The summed E-state index contributed by atoms with van der Waals surface area (Å²) in [6.07, 6.45) is 3.07. The fourth-order valence-corrected chi connectivity index (χ4v) is 7.42. The van der Waals surface area contributed by atoms with Gasteiger partial charge in [-0.05, 0) is 112 Å². The van der Waals surface area contributed by atoms with Crippen molar-refractivity contribution in [1.29, 1.82) is 0 Å². The van der Waals surface area contributed by atoms with Gasteiger partial charge in [-0.25, -0.2) is 15.0 Å². The summed E-state index contributed by atoms with van der Waals surface area (Å²) in [5.41, 5.74) is 11.3. The van der Waals surface area contributed by atoms with Crippen LogP contribution in [0.2, 0.25) is 0 Å². The summed E-state index contributed by atoms with van der Waals surface area (Å²) in [6, 6.07) is 51.4. The molecule has 1 aliphatic carbocycles. The highest BCUT2D eigenvalue weighted by molar-refractivity contribution is 6.23. The van der Waals surface area contributed by atoms with E-state index in [0.717, 1.165) is 10.9 Å². The van der Waals surface area contributed by atoms with Crippen LogP contribution in [0.5, 0.6) is 0 Å². The van der Waals surface area contributed by atoms with Gasteiger partial charge in [-0.2, -0.15) is 0 Å². The monoisotopic (exact) mass is 583 g/mol. The van der Waals surface area contributed by atoms with Crippen LogP contribution < -0.4 is 0 Å². The predicted octanol–water partition coefficient (Wildman–Crippen LogP) is 11.1. The SMILES string of the molecule is c1ccc2c3c(ccc2c1)-c1ccc(-c2ccc4cc(-c5ccc6cc(-c7ncncn7)ccc6c5)ccc4c2)c2cccc-3c12. The van der Waals surface area contributed by atoms with Crippen LogP contribution in [0.4, 0.5) is 0 Å². The first-order valence-electron chi connectivity index (χ1n) is 15.6. The molecule has 10 rings (SSSR count). The van der Waals surface area contributed by atoms with E-state index in [1.54, 1.807) is 0 Å². The molecule has 0 atom stereocenters. The van der Waals surface area contributed by atoms with E-state index in [4.69, 9.17) is 0 Å². The van der Waals surface area contributed by atoms with Gasteiger partial charge >= 0.3 is 0 Å². The first kappa shape index (κ1) is 25.2. The lowest BCUT2D eigenvalue weighted by atomic mass is 9.92. The first-order valence-corrected chi connectivity index (χ1v) is 15.6. The molecule has 8 aromatic carbocycles. The molecule has 46 heavy (non-hydrogen) atoms. The Morgan fingerprint density at radius 1 is 0.348 bits per heavy atom. The fourth-order valence-electron chi connectivity index (χ4n) is 7.42.